The predicted molar refractivity (Wildman–Crippen MR) is 151 cm³/mol. The molecule has 1 aliphatic carbocycles. The molecule has 0 spiro atoms. The lowest BCUT2D eigenvalue weighted by atomic mass is 9.75. The molecule has 214 valence electrons. The van der Waals surface area contributed by atoms with Crippen molar-refractivity contribution in [1.82, 2.24) is 0 Å². The summed E-state index contributed by atoms with van der Waals surface area (Å²) in [7, 11) is -3.04. The highest BCUT2D eigenvalue weighted by atomic mass is 28.4. The summed E-state index contributed by atoms with van der Waals surface area (Å²) >= 11 is 0. The summed E-state index contributed by atoms with van der Waals surface area (Å²) in [5, 5.41) is -0.144. The van der Waals surface area contributed by atoms with Gasteiger partial charge in [0.15, 0.2) is 34.8 Å². The third-order valence-corrected chi connectivity index (χ3v) is 18.0. The predicted octanol–water partition coefficient (Wildman–Crippen LogP) is 6.39. The monoisotopic (exact) mass is 556 g/mol. The molecular weight excluding hydrogens is 504 g/mol. The zero-order valence-corrected chi connectivity index (χ0v) is 27.7. The van der Waals surface area contributed by atoms with Gasteiger partial charge in [-0.2, -0.15) is 0 Å². The molecule has 1 fully saturated rings. The van der Waals surface area contributed by atoms with Crippen LogP contribution in [0.3, 0.4) is 0 Å². The molecule has 1 saturated heterocycles. The van der Waals surface area contributed by atoms with Crippen LogP contribution in [0.4, 0.5) is 0 Å². The summed E-state index contributed by atoms with van der Waals surface area (Å²) in [4.78, 5) is 26.5. The number of rotatable bonds is 7. The zero-order chi connectivity index (χ0) is 28.8. The average molecular weight is 557 g/mol. The molecular formula is C28H52O7Si2. The SMILES string of the molecule is CO[C@H]1O[C@H](C)[C@@H](OC(=O)[C@]2(C)CCC(C)=CC2=O)[C@H](O[Si](C)(C)C(C)(C)C)[C@H]1O[Si](C)(C)C(C)(C)C. The van der Waals surface area contributed by atoms with Crippen LogP contribution < -0.4 is 0 Å². The van der Waals surface area contributed by atoms with Gasteiger partial charge in [0.05, 0.1) is 6.10 Å². The van der Waals surface area contributed by atoms with Crippen molar-refractivity contribution in [3.63, 3.8) is 0 Å². The van der Waals surface area contributed by atoms with E-state index in [4.69, 9.17) is 23.1 Å². The molecule has 6 atom stereocenters. The van der Waals surface area contributed by atoms with Crippen molar-refractivity contribution in [1.29, 1.82) is 0 Å². The molecule has 0 N–H and O–H groups in total. The third kappa shape index (κ3) is 6.84. The first-order valence-corrected chi connectivity index (χ1v) is 19.4. The number of methoxy groups -OCH3 is 1. The number of allylic oxidation sites excluding steroid dienone is 2. The van der Waals surface area contributed by atoms with E-state index in [-0.39, 0.29) is 15.9 Å². The number of ketones is 1. The molecule has 0 amide bonds. The molecule has 7 nitrogen and oxygen atoms in total. The van der Waals surface area contributed by atoms with Crippen molar-refractivity contribution in [2.75, 3.05) is 7.11 Å². The Morgan fingerprint density at radius 1 is 0.973 bits per heavy atom. The lowest BCUT2D eigenvalue weighted by Crippen LogP contribution is -2.66. The second kappa shape index (κ2) is 11.0. The number of hydrogen-bond donors (Lipinski definition) is 0. The van der Waals surface area contributed by atoms with Gasteiger partial charge in [-0.1, -0.05) is 47.1 Å². The standard InChI is InChI=1S/C28H52O7Si2/c1-18-15-16-28(9,20(29)17-18)25(30)33-21-19(2)32-24(31-10)23(35-37(13,14)27(6,7)8)22(21)34-36(11,12)26(3,4)5/h17,19,21-24H,15-16H2,1-14H3/t19-,21-,22+,23-,24+,28-/m1/s1. The van der Waals surface area contributed by atoms with Crippen LogP contribution >= 0.6 is 0 Å². The first-order chi connectivity index (χ1) is 16.6. The molecule has 0 aromatic carbocycles. The molecule has 1 aliphatic heterocycles. The van der Waals surface area contributed by atoms with Gasteiger partial charge < -0.3 is 23.1 Å². The molecule has 0 bridgehead atoms. The van der Waals surface area contributed by atoms with Crippen molar-refractivity contribution in [2.45, 2.75) is 142 Å². The molecule has 0 saturated carbocycles. The van der Waals surface area contributed by atoms with E-state index in [1.165, 1.54) is 0 Å². The summed E-state index contributed by atoms with van der Waals surface area (Å²) < 4.78 is 32.1. The summed E-state index contributed by atoms with van der Waals surface area (Å²) in [6.07, 6.45) is -0.459. The Labute approximate surface area is 227 Å². The van der Waals surface area contributed by atoms with Gasteiger partial charge in [-0.05, 0) is 76.0 Å². The van der Waals surface area contributed by atoms with E-state index >= 15 is 0 Å². The molecule has 0 aromatic heterocycles. The highest BCUT2D eigenvalue weighted by Crippen LogP contribution is 2.44. The highest BCUT2D eigenvalue weighted by Gasteiger charge is 2.56. The fourth-order valence-corrected chi connectivity index (χ4v) is 6.68. The van der Waals surface area contributed by atoms with E-state index < -0.39 is 58.7 Å². The second-order valence-electron chi connectivity index (χ2n) is 14.2. The minimum atomic E-state index is -2.34. The summed E-state index contributed by atoms with van der Waals surface area (Å²) in [6, 6.07) is 0. The number of carbonyl (C=O) groups excluding carboxylic acids is 2. The van der Waals surface area contributed by atoms with Crippen LogP contribution in [-0.2, 0) is 32.7 Å². The highest BCUT2D eigenvalue weighted by molar-refractivity contribution is 6.74. The topological polar surface area (TPSA) is 80.3 Å². The molecule has 0 radical (unpaired) electrons. The summed E-state index contributed by atoms with van der Waals surface area (Å²) in [6.45, 7) is 27.2. The number of ether oxygens (including phenoxy) is 3. The quantitative estimate of drug-likeness (QED) is 0.204. The number of hydrogen-bond acceptors (Lipinski definition) is 7. The summed E-state index contributed by atoms with van der Waals surface area (Å²) in [5.74, 6) is -0.746. The van der Waals surface area contributed by atoms with E-state index in [2.05, 4.69) is 67.7 Å². The van der Waals surface area contributed by atoms with Crippen LogP contribution in [0.2, 0.25) is 36.3 Å². The van der Waals surface area contributed by atoms with Gasteiger partial charge >= 0.3 is 5.97 Å². The zero-order valence-electron chi connectivity index (χ0n) is 25.7. The van der Waals surface area contributed by atoms with Gasteiger partial charge in [0.1, 0.15) is 17.6 Å². The average Bonchev–Trinajstić information content (AvgIpc) is 2.73. The smallest absolute Gasteiger partial charge is 0.320 e. The molecule has 2 aliphatic rings. The Balaban J connectivity index is 2.54. The number of esters is 1. The maximum absolute atomic E-state index is 13.6. The Bertz CT molecular complexity index is 884. The van der Waals surface area contributed by atoms with Gasteiger partial charge in [-0.15, -0.1) is 0 Å². The molecule has 9 heteroatoms. The van der Waals surface area contributed by atoms with E-state index in [0.717, 1.165) is 5.57 Å². The molecule has 0 unspecified atom stereocenters. The van der Waals surface area contributed by atoms with Crippen LogP contribution in [0.15, 0.2) is 11.6 Å². The Morgan fingerprint density at radius 2 is 1.46 bits per heavy atom. The van der Waals surface area contributed by atoms with E-state index in [1.54, 1.807) is 20.1 Å². The molecule has 0 aromatic rings. The lowest BCUT2D eigenvalue weighted by molar-refractivity contribution is -0.284. The van der Waals surface area contributed by atoms with Crippen LogP contribution in [0.5, 0.6) is 0 Å². The van der Waals surface area contributed by atoms with Gasteiger partial charge in [0.2, 0.25) is 0 Å². The minimum Gasteiger partial charge on any atom is -0.456 e. The van der Waals surface area contributed by atoms with Gasteiger partial charge in [-0.3, -0.25) is 9.59 Å². The van der Waals surface area contributed by atoms with Gasteiger partial charge in [0, 0.05) is 7.11 Å². The van der Waals surface area contributed by atoms with E-state index in [1.807, 2.05) is 13.8 Å². The first-order valence-electron chi connectivity index (χ1n) is 13.5. The molecule has 37 heavy (non-hydrogen) atoms. The van der Waals surface area contributed by atoms with Crippen molar-refractivity contribution < 1.29 is 32.7 Å². The van der Waals surface area contributed by atoms with Crippen LogP contribution in [0.25, 0.3) is 0 Å². The van der Waals surface area contributed by atoms with Gasteiger partial charge in [-0.25, -0.2) is 0 Å². The minimum absolute atomic E-state index is 0.0613. The van der Waals surface area contributed by atoms with Crippen molar-refractivity contribution in [3.05, 3.63) is 11.6 Å². The fraction of sp³-hybridized carbons (Fsp3) is 0.857. The second-order valence-corrected chi connectivity index (χ2v) is 23.7. The van der Waals surface area contributed by atoms with E-state index in [0.29, 0.717) is 12.8 Å². The van der Waals surface area contributed by atoms with Crippen LogP contribution in [-0.4, -0.2) is 66.2 Å². The molecule has 1 heterocycles. The maximum atomic E-state index is 13.6. The fourth-order valence-electron chi connectivity index (χ4n) is 4.10. The van der Waals surface area contributed by atoms with Crippen molar-refractivity contribution in [3.8, 4) is 0 Å². The van der Waals surface area contributed by atoms with Gasteiger partial charge in [0.25, 0.3) is 0 Å². The van der Waals surface area contributed by atoms with Crippen LogP contribution in [0.1, 0.15) is 75.2 Å². The lowest BCUT2D eigenvalue weighted by Gasteiger charge is -2.52. The van der Waals surface area contributed by atoms with Crippen molar-refractivity contribution in [2.24, 2.45) is 5.41 Å². The Kier molecular flexibility index (Phi) is 9.59. The normalized spacial score (nSPS) is 32.2. The van der Waals surface area contributed by atoms with Crippen LogP contribution in [0, 0.1) is 5.41 Å². The van der Waals surface area contributed by atoms with Crippen molar-refractivity contribution >= 4 is 28.4 Å². The largest absolute Gasteiger partial charge is 0.456 e. The Hall–Kier alpha value is -0.846. The maximum Gasteiger partial charge on any atom is 0.320 e. The molecule has 2 rings (SSSR count). The first kappa shape index (κ1) is 32.4. The third-order valence-electron chi connectivity index (χ3n) is 9.07. The summed E-state index contributed by atoms with van der Waals surface area (Å²) in [5.41, 5.74) is -0.246. The van der Waals surface area contributed by atoms with E-state index in [9.17, 15) is 9.59 Å². The Morgan fingerprint density at radius 3 is 1.89 bits per heavy atom. The number of carbonyl (C=O) groups is 2.